The predicted octanol–water partition coefficient (Wildman–Crippen LogP) is -2.49. The van der Waals surface area contributed by atoms with E-state index in [0.717, 1.165) is 13.8 Å². The number of carboxylic acid groups (broad SMARTS) is 2. The summed E-state index contributed by atoms with van der Waals surface area (Å²) in [5.74, 6) is -2.17. The van der Waals surface area contributed by atoms with Crippen molar-refractivity contribution in [3.05, 3.63) is 0 Å². The molecule has 0 unspecified atom stereocenters. The van der Waals surface area contributed by atoms with Crippen LogP contribution in [-0.4, -0.2) is 11.9 Å². The van der Waals surface area contributed by atoms with E-state index >= 15 is 0 Å². The zero-order valence-electron chi connectivity index (χ0n) is 5.04. The van der Waals surface area contributed by atoms with Crippen LogP contribution in [0.4, 0.5) is 0 Å². The van der Waals surface area contributed by atoms with Crippen LogP contribution in [0.3, 0.4) is 0 Å². The molecule has 0 N–H and O–H groups in total. The largest absolute Gasteiger partial charge is 2.00 e. The Morgan fingerprint density at radius 2 is 1.00 bits per heavy atom. The summed E-state index contributed by atoms with van der Waals surface area (Å²) >= 11 is 0. The van der Waals surface area contributed by atoms with E-state index in [1.54, 1.807) is 0 Å². The zero-order valence-corrected chi connectivity index (χ0v) is 7.97. The zero-order chi connectivity index (χ0) is 7.15. The van der Waals surface area contributed by atoms with Gasteiger partial charge in [0.1, 0.15) is 0 Å². The summed E-state index contributed by atoms with van der Waals surface area (Å²) in [5, 5.41) is 17.8. The van der Waals surface area contributed by atoms with Gasteiger partial charge in [-0.25, -0.2) is 0 Å². The van der Waals surface area contributed by atoms with Crippen molar-refractivity contribution in [2.45, 2.75) is 13.8 Å². The van der Waals surface area contributed by atoms with Gasteiger partial charge < -0.3 is 19.8 Å². The Labute approximate surface area is 67.1 Å². The van der Waals surface area contributed by atoms with Crippen LogP contribution in [0.5, 0.6) is 0 Å². The molecule has 0 aliphatic carbocycles. The van der Waals surface area contributed by atoms with Crippen LogP contribution >= 0.6 is 0 Å². The minimum atomic E-state index is -1.08. The molecule has 52 valence electrons. The Morgan fingerprint density at radius 3 is 1.00 bits per heavy atom. The van der Waals surface area contributed by atoms with Gasteiger partial charge in [-0.3, -0.25) is 0 Å². The quantitative estimate of drug-likeness (QED) is 0.496. The summed E-state index contributed by atoms with van der Waals surface area (Å²) in [4.78, 5) is 17.8. The first kappa shape index (κ1) is 15.8. The molecule has 0 fully saturated rings. The average molecular weight is 302 g/mol. The van der Waals surface area contributed by atoms with Crippen molar-refractivity contribution in [3.8, 4) is 0 Å². The molecule has 4 nitrogen and oxygen atoms in total. The molecule has 0 aromatic carbocycles. The first-order valence-corrected chi connectivity index (χ1v) is 1.82. The van der Waals surface area contributed by atoms with E-state index in [1.165, 1.54) is 0 Å². The van der Waals surface area contributed by atoms with Crippen molar-refractivity contribution in [1.29, 1.82) is 0 Å². The Kier molecular flexibility index (Phi) is 18.6. The maximum absolute atomic E-state index is 8.89. The Morgan fingerprint density at radius 1 is 1.00 bits per heavy atom. The van der Waals surface area contributed by atoms with E-state index in [-0.39, 0.29) is 21.1 Å². The van der Waals surface area contributed by atoms with Crippen molar-refractivity contribution in [3.63, 3.8) is 0 Å². The topological polar surface area (TPSA) is 80.3 Å². The summed E-state index contributed by atoms with van der Waals surface area (Å²) in [6, 6.07) is 0. The van der Waals surface area contributed by atoms with E-state index in [0.29, 0.717) is 0 Å². The molecule has 0 heterocycles. The standard InChI is InChI=1S/2C2H4O2.W/c2*1-2(3)4;/h2*1H3,(H,3,4);/q;;+2/p-2. The van der Waals surface area contributed by atoms with E-state index in [1.807, 2.05) is 0 Å². The van der Waals surface area contributed by atoms with Crippen LogP contribution in [-0.2, 0) is 30.7 Å². The molecule has 0 atom stereocenters. The van der Waals surface area contributed by atoms with E-state index in [2.05, 4.69) is 0 Å². The normalized spacial score (nSPS) is 5.56. The van der Waals surface area contributed by atoms with Crippen molar-refractivity contribution >= 4 is 11.9 Å². The first-order chi connectivity index (χ1) is 3.46. The molecular formula is C4H6O4W. The van der Waals surface area contributed by atoms with Crippen molar-refractivity contribution in [2.75, 3.05) is 0 Å². The molecule has 0 aromatic rings. The molecular weight excluding hydrogens is 296 g/mol. The predicted molar refractivity (Wildman–Crippen MR) is 21.4 cm³/mol. The van der Waals surface area contributed by atoms with Gasteiger partial charge in [-0.2, -0.15) is 0 Å². The number of carbonyl (C=O) groups is 2. The summed E-state index contributed by atoms with van der Waals surface area (Å²) in [6.45, 7) is 1.94. The van der Waals surface area contributed by atoms with Gasteiger partial charge >= 0.3 is 21.1 Å². The van der Waals surface area contributed by atoms with Crippen molar-refractivity contribution in [2.24, 2.45) is 0 Å². The summed E-state index contributed by atoms with van der Waals surface area (Å²) in [5.41, 5.74) is 0. The monoisotopic (exact) mass is 302 g/mol. The fourth-order valence-electron chi connectivity index (χ4n) is 0. The minimum absolute atomic E-state index is 0. The molecule has 0 saturated carbocycles. The molecule has 0 rings (SSSR count). The molecule has 0 aromatic heterocycles. The first-order valence-electron chi connectivity index (χ1n) is 1.82. The molecule has 9 heavy (non-hydrogen) atoms. The number of rotatable bonds is 0. The minimum Gasteiger partial charge on any atom is -0.550 e. The maximum Gasteiger partial charge on any atom is 2.00 e. The van der Waals surface area contributed by atoms with E-state index in [4.69, 9.17) is 19.8 Å². The number of hydrogen-bond acceptors (Lipinski definition) is 4. The maximum atomic E-state index is 8.89. The van der Waals surface area contributed by atoms with Crippen molar-refractivity contribution < 1.29 is 40.9 Å². The summed E-state index contributed by atoms with van der Waals surface area (Å²) < 4.78 is 0. The van der Waals surface area contributed by atoms with Gasteiger partial charge in [0.15, 0.2) is 0 Å². The molecule has 0 radical (unpaired) electrons. The number of carboxylic acids is 2. The SMILES string of the molecule is CC(=O)[O-].CC(=O)[O-].[W+2]. The van der Waals surface area contributed by atoms with Gasteiger partial charge in [-0.15, -0.1) is 0 Å². The van der Waals surface area contributed by atoms with Gasteiger partial charge in [0.25, 0.3) is 0 Å². The molecule has 5 heteroatoms. The van der Waals surface area contributed by atoms with Crippen LogP contribution in [0.2, 0.25) is 0 Å². The second-order valence-electron chi connectivity index (χ2n) is 0.983. The number of hydrogen-bond donors (Lipinski definition) is 0. The molecule has 0 amide bonds. The van der Waals surface area contributed by atoms with Gasteiger partial charge in [0.2, 0.25) is 0 Å². The Bertz CT molecular complexity index is 70.6. The second-order valence-corrected chi connectivity index (χ2v) is 0.983. The van der Waals surface area contributed by atoms with Crippen LogP contribution in [0.25, 0.3) is 0 Å². The van der Waals surface area contributed by atoms with Crippen LogP contribution in [0.1, 0.15) is 13.8 Å². The summed E-state index contributed by atoms with van der Waals surface area (Å²) in [6.07, 6.45) is 0. The van der Waals surface area contributed by atoms with Gasteiger partial charge in [-0.05, 0) is 13.8 Å². The summed E-state index contributed by atoms with van der Waals surface area (Å²) in [7, 11) is 0. The Balaban J connectivity index is -0.0000000720. The molecule has 0 aliphatic heterocycles. The number of carbonyl (C=O) groups excluding carboxylic acids is 2. The third-order valence-corrected chi connectivity index (χ3v) is 0. The smallest absolute Gasteiger partial charge is 0.550 e. The molecule has 0 saturated heterocycles. The van der Waals surface area contributed by atoms with Gasteiger partial charge in [-0.1, -0.05) is 0 Å². The van der Waals surface area contributed by atoms with Crippen LogP contribution < -0.4 is 10.2 Å². The third kappa shape index (κ3) is 1750. The Hall–Kier alpha value is -0.372. The van der Waals surface area contributed by atoms with Gasteiger partial charge in [0.05, 0.1) is 0 Å². The molecule has 0 spiro atoms. The number of aliphatic carboxylic acids is 2. The fourth-order valence-corrected chi connectivity index (χ4v) is 0. The fraction of sp³-hybridized carbons (Fsp3) is 0.500. The van der Waals surface area contributed by atoms with E-state index in [9.17, 15) is 0 Å². The average Bonchev–Trinajstić information content (AvgIpc) is 1.25. The van der Waals surface area contributed by atoms with Gasteiger partial charge in [0, 0.05) is 11.9 Å². The molecule has 0 aliphatic rings. The van der Waals surface area contributed by atoms with Crippen LogP contribution in [0.15, 0.2) is 0 Å². The van der Waals surface area contributed by atoms with Crippen molar-refractivity contribution in [1.82, 2.24) is 0 Å². The molecule has 0 bridgehead atoms. The third-order valence-electron chi connectivity index (χ3n) is 0. The van der Waals surface area contributed by atoms with E-state index < -0.39 is 11.9 Å². The second kappa shape index (κ2) is 10.6. The van der Waals surface area contributed by atoms with Crippen LogP contribution in [0, 0.1) is 0 Å².